The number of aliphatic imine (C=N–C) groups is 1. The molecule has 0 aromatic carbocycles. The lowest BCUT2D eigenvalue weighted by Gasteiger charge is -2.12. The minimum atomic E-state index is 0.721. The average Bonchev–Trinajstić information content (AvgIpc) is 2.72. The Hall–Kier alpha value is -0.550. The first-order valence-corrected chi connectivity index (χ1v) is 7.91. The summed E-state index contributed by atoms with van der Waals surface area (Å²) in [5.41, 5.74) is 0. The number of thiophene rings is 1. The van der Waals surface area contributed by atoms with Gasteiger partial charge in [-0.05, 0) is 46.8 Å². The quantitative estimate of drug-likeness (QED) is 0.620. The molecule has 0 aliphatic heterocycles. The maximum atomic E-state index is 4.21. The highest BCUT2D eigenvalue weighted by Gasteiger charge is 2.00. The van der Waals surface area contributed by atoms with Gasteiger partial charge < -0.3 is 10.6 Å². The van der Waals surface area contributed by atoms with Crippen LogP contribution in [0.3, 0.4) is 0 Å². The Kier molecular flexibility index (Phi) is 7.35. The molecule has 0 radical (unpaired) electrons. The minimum Gasteiger partial charge on any atom is -0.356 e. The highest BCUT2D eigenvalue weighted by molar-refractivity contribution is 9.11. The Morgan fingerprint density at radius 1 is 1.33 bits per heavy atom. The third kappa shape index (κ3) is 6.40. The zero-order valence-corrected chi connectivity index (χ0v) is 13.7. The maximum absolute atomic E-state index is 4.21. The Morgan fingerprint density at radius 2 is 2.06 bits per heavy atom. The molecule has 5 heteroatoms. The molecule has 0 saturated heterocycles. The Morgan fingerprint density at radius 3 is 2.61 bits per heavy atom. The van der Waals surface area contributed by atoms with Gasteiger partial charge in [-0.15, -0.1) is 11.3 Å². The molecule has 102 valence electrons. The van der Waals surface area contributed by atoms with E-state index < -0.39 is 0 Å². The lowest BCUT2D eigenvalue weighted by Crippen LogP contribution is -2.38. The van der Waals surface area contributed by atoms with Gasteiger partial charge in [-0.1, -0.05) is 13.8 Å². The van der Waals surface area contributed by atoms with Crippen molar-refractivity contribution in [3.63, 3.8) is 0 Å². The van der Waals surface area contributed by atoms with E-state index >= 15 is 0 Å². The van der Waals surface area contributed by atoms with Crippen LogP contribution in [0.2, 0.25) is 0 Å². The van der Waals surface area contributed by atoms with Crippen LogP contribution in [0.4, 0.5) is 0 Å². The SMILES string of the molecule is CN=C(NCCc1ccc(Br)s1)NCCC(C)C. The molecule has 0 saturated carbocycles. The van der Waals surface area contributed by atoms with Crippen LogP contribution >= 0.6 is 27.3 Å². The second kappa shape index (κ2) is 8.53. The first-order valence-electron chi connectivity index (χ1n) is 6.30. The average molecular weight is 332 g/mol. The summed E-state index contributed by atoms with van der Waals surface area (Å²) >= 11 is 5.26. The van der Waals surface area contributed by atoms with Crippen LogP contribution in [0.15, 0.2) is 20.9 Å². The fourth-order valence-electron chi connectivity index (χ4n) is 1.49. The van der Waals surface area contributed by atoms with Crippen LogP contribution in [0, 0.1) is 5.92 Å². The van der Waals surface area contributed by atoms with Crippen molar-refractivity contribution in [2.75, 3.05) is 20.1 Å². The van der Waals surface area contributed by atoms with E-state index in [2.05, 4.69) is 57.5 Å². The zero-order chi connectivity index (χ0) is 13.4. The molecule has 1 aromatic rings. The predicted octanol–water partition coefficient (Wildman–Crippen LogP) is 3.26. The van der Waals surface area contributed by atoms with Crippen molar-refractivity contribution in [1.82, 2.24) is 10.6 Å². The van der Waals surface area contributed by atoms with Gasteiger partial charge in [0, 0.05) is 25.0 Å². The van der Waals surface area contributed by atoms with E-state index in [4.69, 9.17) is 0 Å². The van der Waals surface area contributed by atoms with Gasteiger partial charge in [0.1, 0.15) is 0 Å². The fraction of sp³-hybridized carbons (Fsp3) is 0.615. The van der Waals surface area contributed by atoms with E-state index in [0.717, 1.165) is 31.4 Å². The Balaban J connectivity index is 2.19. The second-order valence-electron chi connectivity index (χ2n) is 4.56. The van der Waals surface area contributed by atoms with E-state index in [-0.39, 0.29) is 0 Å². The molecule has 0 bridgehead atoms. The van der Waals surface area contributed by atoms with Crippen molar-refractivity contribution in [3.8, 4) is 0 Å². The van der Waals surface area contributed by atoms with Gasteiger partial charge in [-0.2, -0.15) is 0 Å². The number of rotatable bonds is 6. The Labute approximate surface area is 122 Å². The molecule has 0 aliphatic carbocycles. The highest BCUT2D eigenvalue weighted by atomic mass is 79.9. The van der Waals surface area contributed by atoms with Crippen molar-refractivity contribution in [3.05, 3.63) is 20.8 Å². The van der Waals surface area contributed by atoms with Gasteiger partial charge >= 0.3 is 0 Å². The minimum absolute atomic E-state index is 0.721. The molecule has 0 fully saturated rings. The van der Waals surface area contributed by atoms with Gasteiger partial charge in [-0.3, -0.25) is 4.99 Å². The third-order valence-electron chi connectivity index (χ3n) is 2.53. The molecular formula is C13H22BrN3S. The van der Waals surface area contributed by atoms with Crippen molar-refractivity contribution in [2.24, 2.45) is 10.9 Å². The summed E-state index contributed by atoms with van der Waals surface area (Å²) in [4.78, 5) is 5.59. The monoisotopic (exact) mass is 331 g/mol. The fourth-order valence-corrected chi connectivity index (χ4v) is 2.97. The van der Waals surface area contributed by atoms with Crippen LogP contribution in [0.1, 0.15) is 25.1 Å². The van der Waals surface area contributed by atoms with Gasteiger partial charge in [-0.25, -0.2) is 0 Å². The zero-order valence-electron chi connectivity index (χ0n) is 11.3. The summed E-state index contributed by atoms with van der Waals surface area (Å²) in [7, 11) is 1.81. The van der Waals surface area contributed by atoms with Crippen LogP contribution < -0.4 is 10.6 Å². The highest BCUT2D eigenvalue weighted by Crippen LogP contribution is 2.21. The van der Waals surface area contributed by atoms with E-state index in [1.165, 1.54) is 15.1 Å². The molecule has 18 heavy (non-hydrogen) atoms. The topological polar surface area (TPSA) is 36.4 Å². The Bertz CT molecular complexity index is 374. The molecule has 2 N–H and O–H groups in total. The summed E-state index contributed by atoms with van der Waals surface area (Å²) in [6.45, 7) is 6.34. The smallest absolute Gasteiger partial charge is 0.190 e. The van der Waals surface area contributed by atoms with Crippen molar-refractivity contribution < 1.29 is 0 Å². The molecule has 0 unspecified atom stereocenters. The summed E-state index contributed by atoms with van der Waals surface area (Å²) < 4.78 is 1.19. The number of nitrogens with one attached hydrogen (secondary N) is 2. The summed E-state index contributed by atoms with van der Waals surface area (Å²) in [5, 5.41) is 6.66. The van der Waals surface area contributed by atoms with Crippen LogP contribution in [0.25, 0.3) is 0 Å². The first kappa shape index (κ1) is 15.5. The number of halogens is 1. The number of hydrogen-bond acceptors (Lipinski definition) is 2. The standard InChI is InChI=1S/C13H22BrN3S/c1-10(2)6-8-16-13(15-3)17-9-7-11-4-5-12(14)18-11/h4-5,10H,6-9H2,1-3H3,(H2,15,16,17). The van der Waals surface area contributed by atoms with E-state index in [0.29, 0.717) is 0 Å². The largest absolute Gasteiger partial charge is 0.356 e. The molecule has 3 nitrogen and oxygen atoms in total. The normalized spacial score (nSPS) is 11.9. The van der Waals surface area contributed by atoms with Crippen LogP contribution in [-0.2, 0) is 6.42 Å². The second-order valence-corrected chi connectivity index (χ2v) is 7.11. The predicted molar refractivity (Wildman–Crippen MR) is 84.5 cm³/mol. The van der Waals surface area contributed by atoms with Crippen molar-refractivity contribution >= 4 is 33.2 Å². The maximum Gasteiger partial charge on any atom is 0.190 e. The summed E-state index contributed by atoms with van der Waals surface area (Å²) in [6.07, 6.45) is 2.19. The van der Waals surface area contributed by atoms with E-state index in [9.17, 15) is 0 Å². The van der Waals surface area contributed by atoms with Crippen molar-refractivity contribution in [2.45, 2.75) is 26.7 Å². The van der Waals surface area contributed by atoms with Crippen molar-refractivity contribution in [1.29, 1.82) is 0 Å². The van der Waals surface area contributed by atoms with Gasteiger partial charge in [0.15, 0.2) is 5.96 Å². The molecule has 0 spiro atoms. The molecule has 1 heterocycles. The molecule has 1 aromatic heterocycles. The lowest BCUT2D eigenvalue weighted by atomic mass is 10.1. The number of hydrogen-bond donors (Lipinski definition) is 2. The van der Waals surface area contributed by atoms with Gasteiger partial charge in [0.05, 0.1) is 3.79 Å². The third-order valence-corrected chi connectivity index (χ3v) is 4.21. The van der Waals surface area contributed by atoms with E-state index in [1.807, 2.05) is 7.05 Å². The van der Waals surface area contributed by atoms with Gasteiger partial charge in [0.25, 0.3) is 0 Å². The van der Waals surface area contributed by atoms with Gasteiger partial charge in [0.2, 0.25) is 0 Å². The molecule has 0 aliphatic rings. The summed E-state index contributed by atoms with van der Waals surface area (Å²) in [5.74, 6) is 1.62. The molecular weight excluding hydrogens is 310 g/mol. The van der Waals surface area contributed by atoms with E-state index in [1.54, 1.807) is 11.3 Å². The molecule has 0 amide bonds. The number of nitrogens with zero attached hydrogens (tertiary/aromatic N) is 1. The van der Waals surface area contributed by atoms with Crippen LogP contribution in [0.5, 0.6) is 0 Å². The number of guanidine groups is 1. The summed E-state index contributed by atoms with van der Waals surface area (Å²) in [6, 6.07) is 4.25. The van der Waals surface area contributed by atoms with Crippen LogP contribution in [-0.4, -0.2) is 26.1 Å². The molecule has 0 atom stereocenters. The first-order chi connectivity index (χ1) is 8.61. The molecule has 1 rings (SSSR count). The lowest BCUT2D eigenvalue weighted by molar-refractivity contribution is 0.574.